The summed E-state index contributed by atoms with van der Waals surface area (Å²) >= 11 is 1.21. The van der Waals surface area contributed by atoms with Crippen molar-refractivity contribution in [2.24, 2.45) is 0 Å². The lowest BCUT2D eigenvalue weighted by atomic mass is 10.2. The Kier molecular flexibility index (Phi) is 6.03. The van der Waals surface area contributed by atoms with Crippen molar-refractivity contribution in [1.29, 1.82) is 0 Å². The second-order valence-electron chi connectivity index (χ2n) is 6.67. The van der Waals surface area contributed by atoms with Gasteiger partial charge in [-0.25, -0.2) is 23.5 Å². The fourth-order valence-electron chi connectivity index (χ4n) is 2.94. The van der Waals surface area contributed by atoms with Crippen LogP contribution >= 0.6 is 11.3 Å². The van der Waals surface area contributed by atoms with Crippen molar-refractivity contribution < 1.29 is 13.6 Å². The van der Waals surface area contributed by atoms with Gasteiger partial charge in [-0.3, -0.25) is 10.00 Å². The van der Waals surface area contributed by atoms with Gasteiger partial charge in [0, 0.05) is 38.6 Å². The molecule has 0 aliphatic heterocycles. The number of fused-ring (bicyclic) bond motifs is 1. The van der Waals surface area contributed by atoms with Crippen molar-refractivity contribution in [3.63, 3.8) is 0 Å². The van der Waals surface area contributed by atoms with E-state index in [4.69, 9.17) is 0 Å². The third-order valence-electron chi connectivity index (χ3n) is 4.48. The number of pyridine rings is 1. The Balaban J connectivity index is 1.38. The van der Waals surface area contributed by atoms with Gasteiger partial charge in [0.05, 0.1) is 5.69 Å². The first kappa shape index (κ1) is 20.7. The number of rotatable bonds is 7. The Labute approximate surface area is 180 Å². The van der Waals surface area contributed by atoms with Gasteiger partial charge in [0.1, 0.15) is 27.8 Å². The van der Waals surface area contributed by atoms with E-state index in [1.807, 2.05) is 12.3 Å². The minimum Gasteiger partial charge on any atom is -0.338 e. The van der Waals surface area contributed by atoms with E-state index < -0.39 is 11.6 Å². The van der Waals surface area contributed by atoms with Crippen molar-refractivity contribution in [2.45, 2.75) is 13.0 Å². The van der Waals surface area contributed by atoms with Gasteiger partial charge in [-0.2, -0.15) is 5.10 Å². The predicted molar refractivity (Wildman–Crippen MR) is 116 cm³/mol. The molecule has 0 bridgehead atoms. The number of hydrogen-bond donors (Lipinski definition) is 2. The summed E-state index contributed by atoms with van der Waals surface area (Å²) in [4.78, 5) is 23.0. The number of halogens is 2. The van der Waals surface area contributed by atoms with Gasteiger partial charge in [0.25, 0.3) is 0 Å². The molecule has 0 atom stereocenters. The number of nitrogens with one attached hydrogen (secondary N) is 2. The lowest BCUT2D eigenvalue weighted by Crippen LogP contribution is -2.30. The molecule has 0 aliphatic rings. The molecule has 3 aromatic heterocycles. The molecule has 0 spiro atoms. The fraction of sp³-hybridized carbons (Fsp3) is 0.200. The van der Waals surface area contributed by atoms with Crippen LogP contribution in [0, 0.1) is 11.6 Å². The number of aryl methyl sites for hydroxylation is 1. The number of amides is 2. The summed E-state index contributed by atoms with van der Waals surface area (Å²) in [6.45, 7) is 1.20. The van der Waals surface area contributed by atoms with E-state index >= 15 is 0 Å². The van der Waals surface area contributed by atoms with Crippen LogP contribution in [0.25, 0.3) is 10.3 Å². The second-order valence-corrected chi connectivity index (χ2v) is 7.65. The molecule has 0 fully saturated rings. The van der Waals surface area contributed by atoms with Crippen LogP contribution in [0.4, 0.5) is 30.2 Å². The van der Waals surface area contributed by atoms with E-state index in [0.717, 1.165) is 12.5 Å². The molecule has 31 heavy (non-hydrogen) atoms. The number of urea groups is 1. The van der Waals surface area contributed by atoms with Crippen molar-refractivity contribution >= 4 is 44.4 Å². The lowest BCUT2D eigenvalue weighted by molar-refractivity contribution is 0.251. The summed E-state index contributed by atoms with van der Waals surface area (Å²) in [6.07, 6.45) is 4.32. The molecule has 0 aliphatic carbocycles. The summed E-state index contributed by atoms with van der Waals surface area (Å²) in [6, 6.07) is 8.28. The number of carbonyl (C=O) groups excluding carboxylic acids is 1. The molecular weight excluding hydrogens is 424 g/mol. The van der Waals surface area contributed by atoms with E-state index in [1.54, 1.807) is 30.1 Å². The minimum atomic E-state index is -0.680. The van der Waals surface area contributed by atoms with Crippen LogP contribution in [0.15, 0.2) is 48.8 Å². The summed E-state index contributed by atoms with van der Waals surface area (Å²) in [5, 5.41) is 9.98. The van der Waals surface area contributed by atoms with Crippen molar-refractivity contribution in [3.05, 3.63) is 60.4 Å². The minimum absolute atomic E-state index is 0.200. The fourth-order valence-corrected chi connectivity index (χ4v) is 3.77. The Morgan fingerprint density at radius 3 is 2.87 bits per heavy atom. The first-order valence-electron chi connectivity index (χ1n) is 9.48. The van der Waals surface area contributed by atoms with Crippen LogP contribution in [0.1, 0.15) is 6.42 Å². The Bertz CT molecular complexity index is 1200. The average Bonchev–Trinajstić information content (AvgIpc) is 3.39. The van der Waals surface area contributed by atoms with E-state index in [0.29, 0.717) is 34.4 Å². The number of carbonyl (C=O) groups is 1. The highest BCUT2D eigenvalue weighted by molar-refractivity contribution is 7.22. The monoisotopic (exact) mass is 443 g/mol. The number of benzene rings is 1. The Morgan fingerprint density at radius 1 is 1.23 bits per heavy atom. The lowest BCUT2D eigenvalue weighted by Gasteiger charge is -2.18. The van der Waals surface area contributed by atoms with Crippen molar-refractivity contribution in [2.75, 3.05) is 23.8 Å². The number of nitrogens with zero attached hydrogens (tertiary/aromatic N) is 5. The van der Waals surface area contributed by atoms with Crippen LogP contribution in [-0.2, 0) is 6.54 Å². The van der Waals surface area contributed by atoms with Crippen molar-refractivity contribution in [1.82, 2.24) is 25.1 Å². The molecule has 8 nitrogen and oxygen atoms in total. The maximum absolute atomic E-state index is 14.1. The molecule has 0 radical (unpaired) electrons. The summed E-state index contributed by atoms with van der Waals surface area (Å²) in [7, 11) is 1.64. The quantitative estimate of drug-likeness (QED) is 0.419. The van der Waals surface area contributed by atoms with Crippen LogP contribution in [0.5, 0.6) is 0 Å². The largest absolute Gasteiger partial charge is 0.338 e. The molecule has 160 valence electrons. The SMILES string of the molecule is CN(c1ccc2nc(NC(=O)NCCCn3cccn3)sc2n1)c1ccc(F)cc1F. The van der Waals surface area contributed by atoms with Gasteiger partial charge in [0.15, 0.2) is 5.13 Å². The maximum Gasteiger partial charge on any atom is 0.321 e. The molecule has 3 heterocycles. The Hall–Kier alpha value is -3.60. The van der Waals surface area contributed by atoms with Gasteiger partial charge in [0.2, 0.25) is 0 Å². The first-order valence-corrected chi connectivity index (χ1v) is 10.3. The molecule has 0 saturated carbocycles. The van der Waals surface area contributed by atoms with E-state index in [1.165, 1.54) is 28.4 Å². The van der Waals surface area contributed by atoms with Crippen molar-refractivity contribution in [3.8, 4) is 0 Å². The van der Waals surface area contributed by atoms with Crippen LogP contribution < -0.4 is 15.5 Å². The second kappa shape index (κ2) is 9.04. The van der Waals surface area contributed by atoms with Crippen LogP contribution in [0.3, 0.4) is 0 Å². The Morgan fingerprint density at radius 2 is 2.10 bits per heavy atom. The van der Waals surface area contributed by atoms with Gasteiger partial charge in [-0.1, -0.05) is 11.3 Å². The van der Waals surface area contributed by atoms with E-state index in [2.05, 4.69) is 25.7 Å². The zero-order valence-corrected chi connectivity index (χ0v) is 17.4. The average molecular weight is 443 g/mol. The normalized spacial score (nSPS) is 10.9. The van der Waals surface area contributed by atoms with E-state index in [-0.39, 0.29) is 11.7 Å². The standard InChI is InChI=1S/C20H19F2N7OS/c1-28(16-6-4-13(21)12-14(16)22)17-7-5-15-18(26-17)31-20(25-15)27-19(30)23-8-2-10-29-11-3-9-24-29/h3-7,9,11-12H,2,8,10H2,1H3,(H2,23,25,27,30). The van der Waals surface area contributed by atoms with Gasteiger partial charge < -0.3 is 10.2 Å². The van der Waals surface area contributed by atoms with E-state index in [9.17, 15) is 13.6 Å². The summed E-state index contributed by atoms with van der Waals surface area (Å²) in [5.41, 5.74) is 0.807. The summed E-state index contributed by atoms with van der Waals surface area (Å²) < 4.78 is 29.0. The van der Waals surface area contributed by atoms with Gasteiger partial charge in [-0.05, 0) is 36.8 Å². The van der Waals surface area contributed by atoms with Crippen LogP contribution in [-0.4, -0.2) is 39.4 Å². The molecule has 4 aromatic rings. The molecule has 4 rings (SSSR count). The highest BCUT2D eigenvalue weighted by Crippen LogP contribution is 2.30. The smallest absolute Gasteiger partial charge is 0.321 e. The van der Waals surface area contributed by atoms with Gasteiger partial charge >= 0.3 is 6.03 Å². The van der Waals surface area contributed by atoms with Gasteiger partial charge in [-0.15, -0.1) is 0 Å². The molecule has 2 amide bonds. The number of anilines is 3. The molecule has 0 saturated heterocycles. The zero-order chi connectivity index (χ0) is 21.8. The third-order valence-corrected chi connectivity index (χ3v) is 5.37. The first-order chi connectivity index (χ1) is 15.0. The molecule has 0 unspecified atom stereocenters. The highest BCUT2D eigenvalue weighted by Gasteiger charge is 2.14. The topological polar surface area (TPSA) is 88.0 Å². The molecule has 11 heteroatoms. The summed E-state index contributed by atoms with van der Waals surface area (Å²) in [5.74, 6) is -0.854. The zero-order valence-electron chi connectivity index (χ0n) is 16.5. The third kappa shape index (κ3) is 4.94. The molecule has 1 aromatic carbocycles. The van der Waals surface area contributed by atoms with Crippen LogP contribution in [0.2, 0.25) is 0 Å². The highest BCUT2D eigenvalue weighted by atomic mass is 32.1. The predicted octanol–water partition coefficient (Wildman–Crippen LogP) is 4.15. The maximum atomic E-state index is 14.1. The molecule has 2 N–H and O–H groups in total. The molecular formula is C20H19F2N7OS. The number of aromatic nitrogens is 4. The number of hydrogen-bond acceptors (Lipinski definition) is 6. The number of thiazole rings is 1.